The van der Waals surface area contributed by atoms with Crippen molar-refractivity contribution in [3.8, 4) is 0 Å². The zero-order valence-corrected chi connectivity index (χ0v) is 16.1. The number of ether oxygens (including phenoxy) is 2. The molecule has 4 nitrogen and oxygen atoms in total. The van der Waals surface area contributed by atoms with Gasteiger partial charge < -0.3 is 14.8 Å². The Morgan fingerprint density at radius 1 is 1.50 bits per heavy atom. The molecule has 0 spiro atoms. The summed E-state index contributed by atoms with van der Waals surface area (Å²) in [6.07, 6.45) is 3.24. The first-order chi connectivity index (χ1) is 11.6. The first kappa shape index (κ1) is 19.9. The van der Waals surface area contributed by atoms with Crippen LogP contribution in [0.5, 0.6) is 0 Å². The average molecular weight is 392 g/mol. The maximum atomic E-state index is 12.1. The van der Waals surface area contributed by atoms with Crippen molar-refractivity contribution in [2.45, 2.75) is 42.4 Å². The van der Waals surface area contributed by atoms with E-state index in [4.69, 9.17) is 32.7 Å². The summed E-state index contributed by atoms with van der Waals surface area (Å²) in [4.78, 5) is 12.9. The second-order valence-corrected chi connectivity index (χ2v) is 7.92. The molecule has 7 heteroatoms. The number of thioether (sulfide) groups is 1. The number of carbonyl (C=O) groups is 1. The van der Waals surface area contributed by atoms with Gasteiger partial charge in [0.25, 0.3) is 0 Å². The maximum absolute atomic E-state index is 12.1. The number of halogens is 2. The Labute approximate surface area is 157 Å². The second-order valence-electron chi connectivity index (χ2n) is 5.69. The molecule has 1 aromatic rings. The lowest BCUT2D eigenvalue weighted by atomic mass is 10.2. The van der Waals surface area contributed by atoms with Crippen LogP contribution in [0.4, 0.5) is 0 Å². The molecule has 0 aliphatic carbocycles. The summed E-state index contributed by atoms with van der Waals surface area (Å²) in [7, 11) is 0. The van der Waals surface area contributed by atoms with Crippen LogP contribution in [0.2, 0.25) is 10.0 Å². The number of carbonyl (C=O) groups excluding carboxylic acids is 1. The van der Waals surface area contributed by atoms with Gasteiger partial charge in [0.05, 0.1) is 23.0 Å². The van der Waals surface area contributed by atoms with Gasteiger partial charge in [-0.05, 0) is 44.4 Å². The van der Waals surface area contributed by atoms with E-state index in [0.717, 1.165) is 30.8 Å². The van der Waals surface area contributed by atoms with E-state index in [1.54, 1.807) is 18.2 Å². The van der Waals surface area contributed by atoms with E-state index in [9.17, 15) is 4.79 Å². The third kappa shape index (κ3) is 6.81. The van der Waals surface area contributed by atoms with Gasteiger partial charge in [-0.1, -0.05) is 23.2 Å². The molecule has 1 saturated heterocycles. The van der Waals surface area contributed by atoms with Gasteiger partial charge in [-0.2, -0.15) is 0 Å². The molecule has 1 aromatic carbocycles. The van der Waals surface area contributed by atoms with Crippen molar-refractivity contribution >= 4 is 40.9 Å². The molecule has 1 amide bonds. The van der Waals surface area contributed by atoms with E-state index in [0.29, 0.717) is 29.8 Å². The Kier molecular flexibility index (Phi) is 8.70. The van der Waals surface area contributed by atoms with Crippen LogP contribution >= 0.6 is 35.0 Å². The Bertz CT molecular complexity index is 539. The minimum absolute atomic E-state index is 0.0184. The number of benzene rings is 1. The molecule has 2 unspecified atom stereocenters. The molecule has 1 aliphatic heterocycles. The largest absolute Gasteiger partial charge is 0.379 e. The predicted octanol–water partition coefficient (Wildman–Crippen LogP) is 4.18. The monoisotopic (exact) mass is 391 g/mol. The van der Waals surface area contributed by atoms with Gasteiger partial charge in [-0.15, -0.1) is 11.8 Å². The van der Waals surface area contributed by atoms with Crippen LogP contribution in [0.3, 0.4) is 0 Å². The minimum Gasteiger partial charge on any atom is -0.379 e. The molecule has 0 bridgehead atoms. The van der Waals surface area contributed by atoms with Crippen LogP contribution in [-0.4, -0.2) is 43.6 Å². The van der Waals surface area contributed by atoms with Crippen molar-refractivity contribution in [2.75, 3.05) is 26.4 Å². The molecule has 1 aliphatic rings. The molecular weight excluding hydrogens is 369 g/mol. The average Bonchev–Trinajstić information content (AvgIpc) is 3.07. The van der Waals surface area contributed by atoms with E-state index >= 15 is 0 Å². The van der Waals surface area contributed by atoms with Gasteiger partial charge in [0.1, 0.15) is 0 Å². The van der Waals surface area contributed by atoms with E-state index in [2.05, 4.69) is 5.32 Å². The zero-order valence-electron chi connectivity index (χ0n) is 13.7. The van der Waals surface area contributed by atoms with Crippen molar-refractivity contribution in [2.24, 2.45) is 0 Å². The van der Waals surface area contributed by atoms with Crippen LogP contribution in [-0.2, 0) is 14.3 Å². The fraction of sp³-hybridized carbons (Fsp3) is 0.588. The number of amides is 1. The lowest BCUT2D eigenvalue weighted by Crippen LogP contribution is -2.32. The number of hydrogen-bond acceptors (Lipinski definition) is 4. The van der Waals surface area contributed by atoms with Crippen molar-refractivity contribution in [3.05, 3.63) is 28.2 Å². The number of rotatable bonds is 9. The predicted molar refractivity (Wildman–Crippen MR) is 99.2 cm³/mol. The Morgan fingerprint density at radius 2 is 2.33 bits per heavy atom. The molecule has 2 atom stereocenters. The number of hydrogen-bond donors (Lipinski definition) is 1. The van der Waals surface area contributed by atoms with Crippen molar-refractivity contribution in [3.63, 3.8) is 0 Å². The summed E-state index contributed by atoms with van der Waals surface area (Å²) >= 11 is 13.5. The summed E-state index contributed by atoms with van der Waals surface area (Å²) in [5.74, 6) is -0.0184. The van der Waals surface area contributed by atoms with Gasteiger partial charge in [0.2, 0.25) is 5.91 Å². The minimum atomic E-state index is -0.242. The lowest BCUT2D eigenvalue weighted by molar-refractivity contribution is -0.120. The van der Waals surface area contributed by atoms with Gasteiger partial charge >= 0.3 is 0 Å². The molecule has 0 aromatic heterocycles. The summed E-state index contributed by atoms with van der Waals surface area (Å²) < 4.78 is 11.1. The smallest absolute Gasteiger partial charge is 0.233 e. The first-order valence-electron chi connectivity index (χ1n) is 8.15. The third-order valence-corrected chi connectivity index (χ3v) is 5.49. The molecule has 0 radical (unpaired) electrons. The highest BCUT2D eigenvalue weighted by Gasteiger charge is 2.16. The fourth-order valence-electron chi connectivity index (χ4n) is 2.33. The molecule has 1 N–H and O–H groups in total. The van der Waals surface area contributed by atoms with Gasteiger partial charge in [0, 0.05) is 29.7 Å². The molecule has 1 heterocycles. The van der Waals surface area contributed by atoms with Crippen LogP contribution in [0.1, 0.15) is 26.2 Å². The standard InChI is InChI=1S/C17H23Cl2NO3S/c1-12(24-16-10-13(18)5-6-15(16)19)17(21)20-7-3-8-22-11-14-4-2-9-23-14/h5-6,10,12,14H,2-4,7-9,11H2,1H3,(H,20,21). The fourth-order valence-corrected chi connectivity index (χ4v) is 3.77. The third-order valence-electron chi connectivity index (χ3n) is 3.66. The second kappa shape index (κ2) is 10.5. The Morgan fingerprint density at radius 3 is 3.08 bits per heavy atom. The van der Waals surface area contributed by atoms with E-state index in [1.165, 1.54) is 11.8 Å². The molecule has 134 valence electrons. The summed E-state index contributed by atoms with van der Waals surface area (Å²) in [5, 5.41) is 3.89. The summed E-state index contributed by atoms with van der Waals surface area (Å²) in [6.45, 7) is 4.56. The van der Waals surface area contributed by atoms with Crippen LogP contribution in [0, 0.1) is 0 Å². The van der Waals surface area contributed by atoms with Crippen LogP contribution in [0.25, 0.3) is 0 Å². The molecule has 24 heavy (non-hydrogen) atoms. The van der Waals surface area contributed by atoms with Gasteiger partial charge in [0.15, 0.2) is 0 Å². The van der Waals surface area contributed by atoms with Crippen molar-refractivity contribution in [1.82, 2.24) is 5.32 Å². The Balaban J connectivity index is 1.60. The van der Waals surface area contributed by atoms with E-state index in [1.807, 2.05) is 6.92 Å². The van der Waals surface area contributed by atoms with E-state index in [-0.39, 0.29) is 17.3 Å². The summed E-state index contributed by atoms with van der Waals surface area (Å²) in [6, 6.07) is 5.24. The first-order valence-corrected chi connectivity index (χ1v) is 9.78. The quantitative estimate of drug-likeness (QED) is 0.506. The summed E-state index contributed by atoms with van der Waals surface area (Å²) in [5.41, 5.74) is 0. The van der Waals surface area contributed by atoms with E-state index < -0.39 is 0 Å². The SMILES string of the molecule is CC(Sc1cc(Cl)ccc1Cl)C(=O)NCCCOCC1CCCO1. The van der Waals surface area contributed by atoms with Gasteiger partial charge in [-0.3, -0.25) is 4.79 Å². The van der Waals surface area contributed by atoms with Crippen LogP contribution in [0.15, 0.2) is 23.1 Å². The topological polar surface area (TPSA) is 47.6 Å². The van der Waals surface area contributed by atoms with Gasteiger partial charge in [-0.25, -0.2) is 0 Å². The zero-order chi connectivity index (χ0) is 17.4. The van der Waals surface area contributed by atoms with Crippen molar-refractivity contribution < 1.29 is 14.3 Å². The highest BCUT2D eigenvalue weighted by molar-refractivity contribution is 8.00. The molecule has 0 saturated carbocycles. The lowest BCUT2D eigenvalue weighted by Gasteiger charge is -2.13. The maximum Gasteiger partial charge on any atom is 0.233 e. The molecule has 2 rings (SSSR count). The number of nitrogens with one attached hydrogen (secondary N) is 1. The van der Waals surface area contributed by atoms with Crippen molar-refractivity contribution in [1.29, 1.82) is 0 Å². The van der Waals surface area contributed by atoms with Crippen LogP contribution < -0.4 is 5.32 Å². The highest BCUT2D eigenvalue weighted by Crippen LogP contribution is 2.32. The Hall–Kier alpha value is -0.460. The molecular formula is C17H23Cl2NO3S. The highest BCUT2D eigenvalue weighted by atomic mass is 35.5. The molecule has 1 fully saturated rings. The normalized spacial score (nSPS) is 18.5.